The number of likely N-dealkylation sites (tertiary alicyclic amines) is 1. The van der Waals surface area contributed by atoms with Crippen LogP contribution < -0.4 is 5.32 Å². The van der Waals surface area contributed by atoms with E-state index in [1.54, 1.807) is 0 Å². The number of fused-ring (bicyclic) bond motifs is 2. The molecule has 6 rings (SSSR count). The van der Waals surface area contributed by atoms with Crippen LogP contribution in [0.3, 0.4) is 0 Å². The van der Waals surface area contributed by atoms with Crippen LogP contribution in [0.2, 0.25) is 0 Å². The number of hydrogen-bond acceptors (Lipinski definition) is 5. The van der Waals surface area contributed by atoms with Gasteiger partial charge < -0.3 is 4.90 Å². The molecule has 37 heavy (non-hydrogen) atoms. The molecule has 0 aromatic heterocycles. The quantitative estimate of drug-likeness (QED) is 0.635. The number of carbonyl (C=O) groups excluding carboxylic acids is 4. The summed E-state index contributed by atoms with van der Waals surface area (Å²) >= 11 is 0. The van der Waals surface area contributed by atoms with E-state index in [1.165, 1.54) is 17.7 Å². The Hall–Kier alpha value is -3.39. The maximum Gasteiger partial charge on any atom is 0.262 e. The van der Waals surface area contributed by atoms with Crippen molar-refractivity contribution in [2.75, 3.05) is 19.6 Å². The number of carbonyl (C=O) groups is 4. The smallest absolute Gasteiger partial charge is 0.262 e. The topological polar surface area (TPSA) is 86.8 Å². The third-order valence-electron chi connectivity index (χ3n) is 8.44. The van der Waals surface area contributed by atoms with E-state index in [1.807, 2.05) is 24.3 Å². The average Bonchev–Trinajstić information content (AvgIpc) is 3.38. The zero-order valence-corrected chi connectivity index (χ0v) is 20.7. The van der Waals surface area contributed by atoms with Gasteiger partial charge in [-0.25, -0.2) is 4.39 Å². The largest absolute Gasteiger partial charge is 0.303 e. The zero-order chi connectivity index (χ0) is 25.7. The number of benzene rings is 2. The monoisotopic (exact) mass is 503 g/mol. The lowest BCUT2D eigenvalue weighted by atomic mass is 9.89. The van der Waals surface area contributed by atoms with Crippen molar-refractivity contribution in [2.45, 2.75) is 51.0 Å². The molecule has 7 nitrogen and oxygen atoms in total. The van der Waals surface area contributed by atoms with Gasteiger partial charge in [0.2, 0.25) is 11.8 Å². The van der Waals surface area contributed by atoms with Gasteiger partial charge in [0.15, 0.2) is 0 Å². The number of halogens is 1. The van der Waals surface area contributed by atoms with Crippen molar-refractivity contribution in [3.63, 3.8) is 0 Å². The molecule has 0 radical (unpaired) electrons. The molecule has 3 aliphatic heterocycles. The molecule has 2 aromatic carbocycles. The van der Waals surface area contributed by atoms with Crippen molar-refractivity contribution in [3.8, 4) is 0 Å². The summed E-state index contributed by atoms with van der Waals surface area (Å²) in [6.07, 6.45) is 5.28. The lowest BCUT2D eigenvalue weighted by Gasteiger charge is -2.33. The van der Waals surface area contributed by atoms with Crippen LogP contribution >= 0.6 is 0 Å². The second kappa shape index (κ2) is 9.49. The Morgan fingerprint density at radius 1 is 0.838 bits per heavy atom. The van der Waals surface area contributed by atoms with E-state index in [-0.39, 0.29) is 24.6 Å². The maximum absolute atomic E-state index is 13.2. The molecular weight excluding hydrogens is 473 g/mol. The number of nitrogens with zero attached hydrogens (tertiary/aromatic N) is 2. The van der Waals surface area contributed by atoms with Gasteiger partial charge in [-0.1, -0.05) is 12.1 Å². The Morgan fingerprint density at radius 3 is 2.05 bits per heavy atom. The lowest BCUT2D eigenvalue weighted by molar-refractivity contribution is -0.136. The van der Waals surface area contributed by atoms with E-state index < -0.39 is 23.8 Å². The van der Waals surface area contributed by atoms with E-state index >= 15 is 0 Å². The van der Waals surface area contributed by atoms with Gasteiger partial charge in [-0.3, -0.25) is 29.4 Å². The van der Waals surface area contributed by atoms with Crippen molar-refractivity contribution in [1.29, 1.82) is 0 Å². The van der Waals surface area contributed by atoms with Crippen molar-refractivity contribution < 1.29 is 23.6 Å². The molecule has 1 N–H and O–H groups in total. The first-order valence-electron chi connectivity index (χ1n) is 13.2. The normalized spacial score (nSPS) is 22.9. The molecule has 1 unspecified atom stereocenters. The average molecular weight is 504 g/mol. The van der Waals surface area contributed by atoms with Crippen LogP contribution in [0.5, 0.6) is 0 Å². The van der Waals surface area contributed by atoms with E-state index in [0.29, 0.717) is 23.0 Å². The first kappa shape index (κ1) is 24.0. The summed E-state index contributed by atoms with van der Waals surface area (Å²) in [5, 5.41) is 2.24. The predicted molar refractivity (Wildman–Crippen MR) is 133 cm³/mol. The minimum Gasteiger partial charge on any atom is -0.303 e. The molecule has 0 spiro atoms. The number of rotatable bonds is 5. The zero-order valence-electron chi connectivity index (χ0n) is 20.7. The van der Waals surface area contributed by atoms with Crippen LogP contribution in [0.15, 0.2) is 36.4 Å². The molecule has 0 bridgehead atoms. The van der Waals surface area contributed by atoms with Crippen LogP contribution in [0.25, 0.3) is 0 Å². The van der Waals surface area contributed by atoms with E-state index in [2.05, 4.69) is 10.2 Å². The summed E-state index contributed by atoms with van der Waals surface area (Å²) in [4.78, 5) is 53.6. The highest BCUT2D eigenvalue weighted by atomic mass is 19.1. The van der Waals surface area contributed by atoms with Crippen LogP contribution in [0.4, 0.5) is 4.39 Å². The summed E-state index contributed by atoms with van der Waals surface area (Å²) in [5.41, 5.74) is 4.16. The number of nitrogens with one attached hydrogen (secondary N) is 1. The fraction of sp³-hybridized carbons (Fsp3) is 0.448. The van der Waals surface area contributed by atoms with Crippen molar-refractivity contribution in [1.82, 2.24) is 15.1 Å². The van der Waals surface area contributed by atoms with Gasteiger partial charge in [-0.2, -0.15) is 0 Å². The second-order valence-electron chi connectivity index (χ2n) is 11.0. The van der Waals surface area contributed by atoms with E-state index in [0.717, 1.165) is 67.8 Å². The summed E-state index contributed by atoms with van der Waals surface area (Å²) in [6.45, 7) is 3.09. The van der Waals surface area contributed by atoms with Gasteiger partial charge in [0, 0.05) is 13.0 Å². The van der Waals surface area contributed by atoms with Crippen molar-refractivity contribution in [2.24, 2.45) is 11.8 Å². The van der Waals surface area contributed by atoms with E-state index in [9.17, 15) is 23.6 Å². The summed E-state index contributed by atoms with van der Waals surface area (Å²) < 4.78 is 13.2. The summed E-state index contributed by atoms with van der Waals surface area (Å²) in [7, 11) is 0. The SMILES string of the molecule is O=C1CCC(N2C(=O)c3cc4c(cc3C2=O)CC(CN2CCC(Cc3ccc(F)cc3)CC2)C4)C(=O)N1. The number of imide groups is 2. The highest BCUT2D eigenvalue weighted by Crippen LogP contribution is 2.35. The molecule has 4 aliphatic rings. The third kappa shape index (κ3) is 4.59. The predicted octanol–water partition coefficient (Wildman–Crippen LogP) is 2.90. The van der Waals surface area contributed by atoms with Gasteiger partial charge in [0.1, 0.15) is 11.9 Å². The van der Waals surface area contributed by atoms with E-state index in [4.69, 9.17) is 0 Å². The van der Waals surface area contributed by atoms with Crippen LogP contribution in [-0.2, 0) is 28.9 Å². The molecular formula is C29H30FN3O4. The molecule has 2 saturated heterocycles. The minimum atomic E-state index is -0.932. The van der Waals surface area contributed by atoms with Crippen molar-refractivity contribution in [3.05, 3.63) is 70.0 Å². The van der Waals surface area contributed by atoms with Gasteiger partial charge in [-0.15, -0.1) is 0 Å². The fourth-order valence-corrected chi connectivity index (χ4v) is 6.50. The Labute approximate surface area is 215 Å². The van der Waals surface area contributed by atoms with Gasteiger partial charge in [-0.05, 0) is 104 Å². The molecule has 2 fully saturated rings. The molecule has 1 aliphatic carbocycles. The Morgan fingerprint density at radius 2 is 1.46 bits per heavy atom. The third-order valence-corrected chi connectivity index (χ3v) is 8.44. The van der Waals surface area contributed by atoms with Gasteiger partial charge >= 0.3 is 0 Å². The van der Waals surface area contributed by atoms with Crippen LogP contribution in [-0.4, -0.2) is 59.1 Å². The maximum atomic E-state index is 13.2. The molecule has 1 atom stereocenters. The van der Waals surface area contributed by atoms with Crippen LogP contribution in [0, 0.1) is 17.7 Å². The first-order valence-corrected chi connectivity index (χ1v) is 13.2. The highest BCUT2D eigenvalue weighted by Gasteiger charge is 2.45. The number of piperidine rings is 2. The highest BCUT2D eigenvalue weighted by molar-refractivity contribution is 6.23. The number of hydrogen-bond donors (Lipinski definition) is 1. The minimum absolute atomic E-state index is 0.117. The molecule has 0 saturated carbocycles. The summed E-state index contributed by atoms with van der Waals surface area (Å²) in [5.74, 6) is -0.966. The van der Waals surface area contributed by atoms with Gasteiger partial charge in [0.25, 0.3) is 11.8 Å². The Bertz CT molecular complexity index is 1240. The molecule has 2 aromatic rings. The molecule has 8 heteroatoms. The molecule has 4 amide bonds. The second-order valence-corrected chi connectivity index (χ2v) is 11.0. The fourth-order valence-electron chi connectivity index (χ4n) is 6.50. The first-order chi connectivity index (χ1) is 17.9. The number of amides is 4. The summed E-state index contributed by atoms with van der Waals surface area (Å²) in [6, 6.07) is 9.61. The standard InChI is InChI=1S/C29H30FN3O4/c30-22-3-1-17(2-4-22)11-18-7-9-32(10-8-18)16-19-12-20-14-23-24(15-21(20)13-19)29(37)33(28(23)36)25-5-6-26(34)31-27(25)35/h1-4,14-15,18-19,25H,5-13,16H2,(H,31,34,35). The van der Waals surface area contributed by atoms with Crippen LogP contribution in [0.1, 0.15) is 63.1 Å². The molecule has 192 valence electrons. The van der Waals surface area contributed by atoms with Crippen molar-refractivity contribution >= 4 is 23.6 Å². The lowest BCUT2D eigenvalue weighted by Crippen LogP contribution is -2.54. The Kier molecular flexibility index (Phi) is 6.15. The molecule has 3 heterocycles. The van der Waals surface area contributed by atoms with Gasteiger partial charge in [0.05, 0.1) is 11.1 Å². The Balaban J connectivity index is 1.06.